The van der Waals surface area contributed by atoms with E-state index >= 15 is 0 Å². The molecule has 5 nitrogen and oxygen atoms in total. The van der Waals surface area contributed by atoms with E-state index in [2.05, 4.69) is 16.5 Å². The summed E-state index contributed by atoms with van der Waals surface area (Å²) in [5, 5.41) is 9.71. The van der Waals surface area contributed by atoms with Gasteiger partial charge >= 0.3 is 0 Å². The summed E-state index contributed by atoms with van der Waals surface area (Å²) in [6.45, 7) is 5.19. The van der Waals surface area contributed by atoms with Crippen LogP contribution in [0.15, 0.2) is 23.6 Å². The van der Waals surface area contributed by atoms with Crippen LogP contribution in [0.1, 0.15) is 42.8 Å². The van der Waals surface area contributed by atoms with E-state index in [4.69, 9.17) is 0 Å². The van der Waals surface area contributed by atoms with Gasteiger partial charge in [-0.15, -0.1) is 11.3 Å². The van der Waals surface area contributed by atoms with Gasteiger partial charge in [0.2, 0.25) is 5.91 Å². The van der Waals surface area contributed by atoms with Crippen molar-refractivity contribution in [3.05, 3.63) is 34.2 Å². The monoisotopic (exact) mass is 422 g/mol. The number of alkyl halides is 2. The maximum Gasteiger partial charge on any atom is 0.260 e. The van der Waals surface area contributed by atoms with Crippen molar-refractivity contribution in [2.75, 3.05) is 18.4 Å². The number of halogens is 2. The number of thiophene rings is 1. The first-order valence-electron chi connectivity index (χ1n) is 10.3. The molecular weight excluding hydrogens is 394 g/mol. The van der Waals surface area contributed by atoms with Crippen LogP contribution in [-0.2, 0) is 11.2 Å². The lowest BCUT2D eigenvalue weighted by molar-refractivity contribution is -0.137. The van der Waals surface area contributed by atoms with Crippen molar-refractivity contribution in [1.29, 1.82) is 0 Å². The number of piperidine rings is 1. The van der Waals surface area contributed by atoms with Crippen LogP contribution in [0, 0.1) is 18.8 Å². The summed E-state index contributed by atoms with van der Waals surface area (Å²) >= 11 is 1.68. The highest BCUT2D eigenvalue weighted by Gasteiger charge is 2.39. The van der Waals surface area contributed by atoms with Crippen LogP contribution in [0.2, 0.25) is 0 Å². The van der Waals surface area contributed by atoms with E-state index in [9.17, 15) is 13.6 Å². The minimum atomic E-state index is -2.45. The zero-order valence-electron chi connectivity index (χ0n) is 16.9. The molecule has 0 aromatic carbocycles. The summed E-state index contributed by atoms with van der Waals surface area (Å²) in [6, 6.07) is 4.93. The molecule has 1 N–H and O–H groups in total. The topological polar surface area (TPSA) is 50.2 Å². The van der Waals surface area contributed by atoms with Crippen LogP contribution in [0.25, 0.3) is 0 Å². The van der Waals surface area contributed by atoms with Crippen molar-refractivity contribution in [2.45, 2.75) is 58.0 Å². The van der Waals surface area contributed by atoms with Crippen molar-refractivity contribution in [1.82, 2.24) is 14.7 Å². The Kier molecular flexibility index (Phi) is 5.90. The summed E-state index contributed by atoms with van der Waals surface area (Å²) in [5.74, 6) is 0.945. The Morgan fingerprint density at radius 1 is 1.45 bits per heavy atom. The Morgan fingerprint density at radius 3 is 3.00 bits per heavy atom. The maximum atomic E-state index is 13.7. The van der Waals surface area contributed by atoms with Crippen molar-refractivity contribution < 1.29 is 13.6 Å². The molecule has 2 unspecified atom stereocenters. The summed E-state index contributed by atoms with van der Waals surface area (Å²) in [5.41, 5.74) is 0.738. The van der Waals surface area contributed by atoms with E-state index in [1.54, 1.807) is 11.3 Å². The lowest BCUT2D eigenvalue weighted by Crippen LogP contribution is -2.49. The third kappa shape index (κ3) is 4.32. The van der Waals surface area contributed by atoms with E-state index < -0.39 is 12.5 Å². The first-order chi connectivity index (χ1) is 13.9. The largest absolute Gasteiger partial charge is 0.367 e. The van der Waals surface area contributed by atoms with Gasteiger partial charge in [-0.3, -0.25) is 4.79 Å². The van der Waals surface area contributed by atoms with Crippen LogP contribution >= 0.6 is 11.3 Å². The highest BCUT2D eigenvalue weighted by atomic mass is 32.1. The third-order valence-corrected chi connectivity index (χ3v) is 7.04. The van der Waals surface area contributed by atoms with Gasteiger partial charge in [0.15, 0.2) is 0 Å². The fourth-order valence-electron chi connectivity index (χ4n) is 4.67. The number of anilines is 1. The van der Waals surface area contributed by atoms with Gasteiger partial charge in [-0.25, -0.2) is 13.5 Å². The summed E-state index contributed by atoms with van der Waals surface area (Å²) in [4.78, 5) is 16.2. The fraction of sp³-hybridized carbons (Fsp3) is 0.619. The normalized spacial score (nSPS) is 25.6. The molecule has 0 saturated carbocycles. The second-order valence-corrected chi connectivity index (χ2v) is 9.41. The highest BCUT2D eigenvalue weighted by Crippen LogP contribution is 2.36. The quantitative estimate of drug-likeness (QED) is 0.779. The van der Waals surface area contributed by atoms with Gasteiger partial charge in [0.25, 0.3) is 6.43 Å². The number of carbonyl (C=O) groups excluding carboxylic acids is 1. The van der Waals surface area contributed by atoms with E-state index in [1.807, 2.05) is 36.3 Å². The predicted molar refractivity (Wildman–Crippen MR) is 111 cm³/mol. The molecule has 4 heterocycles. The predicted octanol–water partition coefficient (Wildman–Crippen LogP) is 4.36. The van der Waals surface area contributed by atoms with Crippen LogP contribution in [0.3, 0.4) is 0 Å². The molecule has 0 spiro atoms. The second-order valence-electron chi connectivity index (χ2n) is 8.37. The zero-order valence-corrected chi connectivity index (χ0v) is 17.7. The van der Waals surface area contributed by atoms with Gasteiger partial charge < -0.3 is 10.2 Å². The van der Waals surface area contributed by atoms with E-state index in [-0.39, 0.29) is 23.8 Å². The Bertz CT molecular complexity index is 838. The molecule has 2 aromatic heterocycles. The van der Waals surface area contributed by atoms with Gasteiger partial charge in [0, 0.05) is 36.0 Å². The Morgan fingerprint density at radius 2 is 2.28 bits per heavy atom. The first kappa shape index (κ1) is 20.3. The van der Waals surface area contributed by atoms with Gasteiger partial charge in [0.1, 0.15) is 11.9 Å². The van der Waals surface area contributed by atoms with Crippen LogP contribution < -0.4 is 5.32 Å². The number of nitrogens with zero attached hydrogens (tertiary/aromatic N) is 3. The third-order valence-electron chi connectivity index (χ3n) is 6.14. The molecule has 1 fully saturated rings. The van der Waals surface area contributed by atoms with Crippen molar-refractivity contribution in [2.24, 2.45) is 11.8 Å². The minimum Gasteiger partial charge on any atom is -0.367 e. The van der Waals surface area contributed by atoms with Crippen LogP contribution in [0.5, 0.6) is 0 Å². The molecule has 4 rings (SSSR count). The molecule has 4 atom stereocenters. The SMILES string of the molecule is Cc1cc2n(n1)[C@@H](C(F)F)C[C@@H](C1CCCN(C(=O)C(C)Cc3cccs3)C1)N2. The Balaban J connectivity index is 1.43. The van der Waals surface area contributed by atoms with Gasteiger partial charge in [-0.1, -0.05) is 13.0 Å². The number of fused-ring (bicyclic) bond motifs is 1. The van der Waals surface area contributed by atoms with Gasteiger partial charge in [-0.2, -0.15) is 5.10 Å². The zero-order chi connectivity index (χ0) is 20.5. The number of rotatable bonds is 5. The second kappa shape index (κ2) is 8.42. The molecule has 0 aliphatic carbocycles. The van der Waals surface area contributed by atoms with E-state index in [0.717, 1.165) is 31.5 Å². The Labute approximate surface area is 174 Å². The Hall–Kier alpha value is -1.96. The molecule has 29 heavy (non-hydrogen) atoms. The van der Waals surface area contributed by atoms with Crippen molar-refractivity contribution >= 4 is 23.1 Å². The minimum absolute atomic E-state index is 0.0652. The van der Waals surface area contributed by atoms with E-state index in [1.165, 1.54) is 9.56 Å². The fourth-order valence-corrected chi connectivity index (χ4v) is 5.51. The number of amides is 1. The molecule has 158 valence electrons. The summed E-state index contributed by atoms with van der Waals surface area (Å²) < 4.78 is 28.8. The molecule has 8 heteroatoms. The smallest absolute Gasteiger partial charge is 0.260 e. The molecule has 1 amide bonds. The molecule has 0 radical (unpaired) electrons. The number of carbonyl (C=O) groups is 1. The summed E-state index contributed by atoms with van der Waals surface area (Å²) in [7, 11) is 0. The lowest BCUT2D eigenvalue weighted by atomic mass is 9.85. The first-order valence-corrected chi connectivity index (χ1v) is 11.2. The van der Waals surface area contributed by atoms with Crippen LogP contribution in [-0.4, -0.2) is 46.1 Å². The average Bonchev–Trinajstić information content (AvgIpc) is 3.34. The molecule has 2 aliphatic heterocycles. The average molecular weight is 423 g/mol. The molecule has 2 aromatic rings. The molecule has 1 saturated heterocycles. The number of likely N-dealkylation sites (tertiary alicyclic amines) is 1. The van der Waals surface area contributed by atoms with Crippen molar-refractivity contribution in [3.8, 4) is 0 Å². The number of aryl methyl sites for hydroxylation is 1. The van der Waals surface area contributed by atoms with Crippen molar-refractivity contribution in [3.63, 3.8) is 0 Å². The number of hydrogen-bond donors (Lipinski definition) is 1. The number of hydrogen-bond acceptors (Lipinski definition) is 4. The molecule has 0 bridgehead atoms. The van der Waals surface area contributed by atoms with Crippen LogP contribution in [0.4, 0.5) is 14.6 Å². The lowest BCUT2D eigenvalue weighted by Gasteiger charge is -2.41. The van der Waals surface area contributed by atoms with Gasteiger partial charge in [-0.05, 0) is 50.0 Å². The number of nitrogens with one attached hydrogen (secondary N) is 1. The van der Waals surface area contributed by atoms with Gasteiger partial charge in [0.05, 0.1) is 5.69 Å². The number of aromatic nitrogens is 2. The summed E-state index contributed by atoms with van der Waals surface area (Å²) in [6.07, 6.45) is 0.501. The maximum absolute atomic E-state index is 13.7. The highest BCUT2D eigenvalue weighted by molar-refractivity contribution is 7.09. The molecule has 2 aliphatic rings. The molecular formula is C21H28F2N4OS. The van der Waals surface area contributed by atoms with E-state index in [0.29, 0.717) is 18.8 Å². The standard InChI is InChI=1S/C21H28F2N4OS/c1-13(9-16-6-4-8-29-16)21(28)26-7-3-5-15(12-26)17-11-18(20(22)23)27-19(24-17)10-14(2)25-27/h4,6,8,10,13,15,17-18,20,24H,3,5,7,9,11-12H2,1-2H3/t13?,15?,17-,18+/m0/s1.